The number of carbonyl (C=O) groups excluding carboxylic acids is 1. The maximum atomic E-state index is 12.9. The Morgan fingerprint density at radius 2 is 1.69 bits per heavy atom. The molecular weight excluding hydrogens is 388 g/mol. The van der Waals surface area contributed by atoms with E-state index in [0.29, 0.717) is 11.1 Å². The number of carbonyl (C=O) groups is 1. The van der Waals surface area contributed by atoms with Gasteiger partial charge in [0, 0.05) is 11.8 Å². The first kappa shape index (κ1) is 21.5. The van der Waals surface area contributed by atoms with Crippen LogP contribution in [0.2, 0.25) is 0 Å². The van der Waals surface area contributed by atoms with Crippen LogP contribution in [0.5, 0.6) is 0 Å². The van der Waals surface area contributed by atoms with Gasteiger partial charge in [-0.05, 0) is 30.2 Å². The fourth-order valence-corrected chi connectivity index (χ4v) is 4.30. The Morgan fingerprint density at radius 3 is 2.28 bits per heavy atom. The molecular formula is C22H29N2O4S+. The van der Waals surface area contributed by atoms with Gasteiger partial charge in [0.25, 0.3) is 5.91 Å². The van der Waals surface area contributed by atoms with Crippen LogP contribution in [0.1, 0.15) is 33.1 Å². The topological polar surface area (TPSA) is 76.9 Å². The minimum absolute atomic E-state index is 0.0265. The van der Waals surface area contributed by atoms with E-state index in [1.54, 1.807) is 24.3 Å². The first-order chi connectivity index (χ1) is 13.8. The maximum Gasteiger partial charge on any atom is 0.251 e. The average molecular weight is 418 g/mol. The zero-order chi connectivity index (χ0) is 20.9. The molecule has 2 N–H and O–H groups in total. The Balaban J connectivity index is 1.73. The number of sulfone groups is 1. The number of benzene rings is 2. The van der Waals surface area contributed by atoms with E-state index in [9.17, 15) is 13.2 Å². The second kappa shape index (κ2) is 9.52. The molecule has 1 atom stereocenters. The van der Waals surface area contributed by atoms with Crippen LogP contribution in [0.15, 0.2) is 48.5 Å². The summed E-state index contributed by atoms with van der Waals surface area (Å²) in [5, 5.41) is 3.17. The third kappa shape index (κ3) is 6.66. The molecule has 1 fully saturated rings. The third-order valence-electron chi connectivity index (χ3n) is 5.12. The number of rotatable bonds is 7. The fraction of sp³-hybridized carbons (Fsp3) is 0.409. The lowest BCUT2D eigenvalue weighted by molar-refractivity contribution is -0.909. The monoisotopic (exact) mass is 417 g/mol. The molecule has 7 heteroatoms. The van der Waals surface area contributed by atoms with Gasteiger partial charge < -0.3 is 15.0 Å². The lowest BCUT2D eigenvalue weighted by Crippen LogP contribution is -3.14. The molecule has 0 radical (unpaired) electrons. The van der Waals surface area contributed by atoms with Crippen LogP contribution >= 0.6 is 0 Å². The summed E-state index contributed by atoms with van der Waals surface area (Å²) in [5.74, 6) is -0.185. The number of ether oxygens (including phenoxy) is 1. The van der Waals surface area contributed by atoms with Crippen molar-refractivity contribution in [3.8, 4) is 0 Å². The van der Waals surface area contributed by atoms with Crippen molar-refractivity contribution >= 4 is 15.7 Å². The van der Waals surface area contributed by atoms with Crippen LogP contribution in [-0.2, 0) is 20.3 Å². The van der Waals surface area contributed by atoms with E-state index in [1.165, 1.54) is 16.7 Å². The van der Waals surface area contributed by atoms with E-state index in [2.05, 4.69) is 29.6 Å². The molecule has 1 aliphatic heterocycles. The zero-order valence-electron chi connectivity index (χ0n) is 17.0. The van der Waals surface area contributed by atoms with Crippen molar-refractivity contribution in [1.82, 2.24) is 5.32 Å². The molecule has 1 heterocycles. The number of hydrogen-bond donors (Lipinski definition) is 2. The van der Waals surface area contributed by atoms with Gasteiger partial charge in [0.05, 0.1) is 19.0 Å². The predicted octanol–water partition coefficient (Wildman–Crippen LogP) is 0.926. The van der Waals surface area contributed by atoms with Crippen molar-refractivity contribution in [3.05, 3.63) is 70.8 Å². The highest BCUT2D eigenvalue weighted by atomic mass is 32.2. The van der Waals surface area contributed by atoms with Crippen molar-refractivity contribution in [2.24, 2.45) is 0 Å². The van der Waals surface area contributed by atoms with E-state index in [0.717, 1.165) is 38.4 Å². The first-order valence-corrected chi connectivity index (χ1v) is 11.9. The summed E-state index contributed by atoms with van der Waals surface area (Å²) in [6.07, 6.45) is 1.20. The Bertz CT molecular complexity index is 918. The Kier molecular flexibility index (Phi) is 7.05. The molecule has 0 bridgehead atoms. The van der Waals surface area contributed by atoms with E-state index in [1.807, 2.05) is 6.92 Å². The van der Waals surface area contributed by atoms with Gasteiger partial charge in [-0.25, -0.2) is 8.42 Å². The minimum Gasteiger partial charge on any atom is -0.370 e. The molecule has 156 valence electrons. The summed E-state index contributed by atoms with van der Waals surface area (Å²) in [5.41, 5.74) is 3.46. The van der Waals surface area contributed by atoms with Gasteiger partial charge >= 0.3 is 0 Å². The Hall–Kier alpha value is -2.22. The maximum absolute atomic E-state index is 12.9. The molecule has 0 aliphatic carbocycles. The normalized spacial score (nSPS) is 16.3. The molecule has 2 aromatic carbocycles. The van der Waals surface area contributed by atoms with Crippen LogP contribution in [0, 0.1) is 6.92 Å². The minimum atomic E-state index is -3.10. The molecule has 0 aromatic heterocycles. The third-order valence-corrected chi connectivity index (χ3v) is 5.98. The molecule has 1 amide bonds. The summed E-state index contributed by atoms with van der Waals surface area (Å²) in [7, 11) is -3.10. The molecule has 2 aromatic rings. The number of quaternary nitrogens is 1. The summed E-state index contributed by atoms with van der Waals surface area (Å²) in [6, 6.07) is 14.9. The number of aryl methyl sites for hydroxylation is 1. The second-order valence-corrected chi connectivity index (χ2v) is 9.91. The van der Waals surface area contributed by atoms with Crippen molar-refractivity contribution in [2.75, 3.05) is 39.1 Å². The molecule has 1 aliphatic rings. The largest absolute Gasteiger partial charge is 0.370 e. The smallest absolute Gasteiger partial charge is 0.251 e. The van der Waals surface area contributed by atoms with E-state index in [4.69, 9.17) is 4.74 Å². The van der Waals surface area contributed by atoms with E-state index in [-0.39, 0.29) is 17.7 Å². The SMILES string of the molecule is Cc1ccc([C@H](C[NH+]2CCOCC2)NC(=O)c2ccc(CS(C)(=O)=O)cc2)cc1. The van der Waals surface area contributed by atoms with Crippen molar-refractivity contribution in [3.63, 3.8) is 0 Å². The summed E-state index contributed by atoms with van der Waals surface area (Å²) in [6.45, 7) is 6.18. The first-order valence-electron chi connectivity index (χ1n) is 9.85. The molecule has 29 heavy (non-hydrogen) atoms. The summed E-state index contributed by atoms with van der Waals surface area (Å²) >= 11 is 0. The van der Waals surface area contributed by atoms with Gasteiger partial charge in [-0.2, -0.15) is 0 Å². The fourth-order valence-electron chi connectivity index (χ4n) is 3.50. The lowest BCUT2D eigenvalue weighted by atomic mass is 10.0. The summed E-state index contributed by atoms with van der Waals surface area (Å²) in [4.78, 5) is 14.3. The number of amides is 1. The van der Waals surface area contributed by atoms with Gasteiger partial charge in [-0.1, -0.05) is 42.0 Å². The van der Waals surface area contributed by atoms with Gasteiger partial charge in [-0.3, -0.25) is 4.79 Å². The van der Waals surface area contributed by atoms with Crippen LogP contribution in [0.4, 0.5) is 0 Å². The molecule has 3 rings (SSSR count). The lowest BCUT2D eigenvalue weighted by Gasteiger charge is -2.28. The van der Waals surface area contributed by atoms with Gasteiger partial charge in [0.2, 0.25) is 0 Å². The average Bonchev–Trinajstić information content (AvgIpc) is 2.68. The number of hydrogen-bond acceptors (Lipinski definition) is 4. The summed E-state index contributed by atoms with van der Waals surface area (Å²) < 4.78 is 28.3. The zero-order valence-corrected chi connectivity index (χ0v) is 17.8. The number of morpholine rings is 1. The van der Waals surface area contributed by atoms with Crippen molar-refractivity contribution in [1.29, 1.82) is 0 Å². The van der Waals surface area contributed by atoms with Crippen LogP contribution in [-0.4, -0.2) is 53.4 Å². The highest BCUT2D eigenvalue weighted by Crippen LogP contribution is 2.15. The quantitative estimate of drug-likeness (QED) is 0.703. The molecule has 0 saturated carbocycles. The molecule has 1 saturated heterocycles. The predicted molar refractivity (Wildman–Crippen MR) is 113 cm³/mol. The van der Waals surface area contributed by atoms with Crippen molar-refractivity contribution < 1.29 is 22.8 Å². The molecule has 0 unspecified atom stereocenters. The standard InChI is InChI=1S/C22H28N2O4S/c1-17-3-7-19(8-4-17)21(15-24-11-13-28-14-12-24)23-22(25)20-9-5-18(6-10-20)16-29(2,26)27/h3-10,21H,11-16H2,1-2H3,(H,23,25)/p+1/t21-/m0/s1. The highest BCUT2D eigenvalue weighted by Gasteiger charge is 2.23. The van der Waals surface area contributed by atoms with Crippen molar-refractivity contribution in [2.45, 2.75) is 18.7 Å². The van der Waals surface area contributed by atoms with Crippen LogP contribution in [0.3, 0.4) is 0 Å². The molecule has 0 spiro atoms. The van der Waals surface area contributed by atoms with Gasteiger partial charge in [0.15, 0.2) is 9.84 Å². The second-order valence-electron chi connectivity index (χ2n) is 7.77. The van der Waals surface area contributed by atoms with E-state index >= 15 is 0 Å². The number of nitrogens with one attached hydrogen (secondary N) is 2. The van der Waals surface area contributed by atoms with Gasteiger partial charge in [-0.15, -0.1) is 0 Å². The highest BCUT2D eigenvalue weighted by molar-refractivity contribution is 7.89. The Labute approximate surface area is 172 Å². The van der Waals surface area contributed by atoms with Crippen LogP contribution in [0.25, 0.3) is 0 Å². The van der Waals surface area contributed by atoms with Crippen LogP contribution < -0.4 is 10.2 Å². The Morgan fingerprint density at radius 1 is 1.07 bits per heavy atom. The molecule has 6 nitrogen and oxygen atoms in total. The van der Waals surface area contributed by atoms with E-state index < -0.39 is 9.84 Å². The van der Waals surface area contributed by atoms with Gasteiger partial charge in [0.1, 0.15) is 25.7 Å².